The Morgan fingerprint density at radius 2 is 1.59 bits per heavy atom. The normalized spacial score (nSPS) is 14.9. The summed E-state index contributed by atoms with van der Waals surface area (Å²) in [6.45, 7) is 2.35. The van der Waals surface area contributed by atoms with Crippen LogP contribution in [0.15, 0.2) is 123 Å². The molecule has 0 amide bonds. The number of hydrogen-bond acceptors (Lipinski definition) is 7. The molecule has 0 radical (unpaired) electrons. The molecule has 0 N–H and O–H groups in total. The van der Waals surface area contributed by atoms with Crippen molar-refractivity contribution in [1.29, 1.82) is 0 Å². The van der Waals surface area contributed by atoms with Gasteiger partial charge in [-0.3, -0.25) is 9.36 Å². The van der Waals surface area contributed by atoms with Crippen LogP contribution in [0.2, 0.25) is 0 Å². The molecule has 1 atom stereocenters. The number of benzene rings is 3. The maximum absolute atomic E-state index is 13.8. The van der Waals surface area contributed by atoms with Gasteiger partial charge < -0.3 is 9.47 Å². The fraction of sp³-hybridized carbons (Fsp3) is 0.121. The van der Waals surface area contributed by atoms with E-state index >= 15 is 0 Å². The van der Waals surface area contributed by atoms with Gasteiger partial charge in [-0.2, -0.15) is 0 Å². The van der Waals surface area contributed by atoms with Gasteiger partial charge in [-0.15, -0.1) is 11.3 Å². The number of fused-ring (bicyclic) bond motifs is 1. The summed E-state index contributed by atoms with van der Waals surface area (Å²) in [5.41, 5.74) is 3.38. The van der Waals surface area contributed by atoms with Gasteiger partial charge in [-0.1, -0.05) is 90.2 Å². The van der Waals surface area contributed by atoms with Crippen LogP contribution in [0.3, 0.4) is 0 Å². The lowest BCUT2D eigenvalue weighted by atomic mass is 9.96. The number of ether oxygens (including phenoxy) is 2. The predicted molar refractivity (Wildman–Crippen MR) is 162 cm³/mol. The Morgan fingerprint density at radius 1 is 0.902 bits per heavy atom. The Balaban J connectivity index is 1.37. The molecular weight excluding hydrogens is 553 g/mol. The number of hydrogen-bond donors (Lipinski definition) is 0. The highest BCUT2D eigenvalue weighted by Crippen LogP contribution is 2.32. The van der Waals surface area contributed by atoms with Gasteiger partial charge in [0.2, 0.25) is 0 Å². The van der Waals surface area contributed by atoms with Crippen molar-refractivity contribution in [3.8, 4) is 5.75 Å². The van der Waals surface area contributed by atoms with Crippen molar-refractivity contribution < 1.29 is 14.3 Å². The monoisotopic (exact) mass is 578 g/mol. The molecule has 3 heterocycles. The van der Waals surface area contributed by atoms with E-state index in [9.17, 15) is 9.59 Å². The second-order valence-corrected chi connectivity index (χ2v) is 11.5. The van der Waals surface area contributed by atoms with E-state index in [2.05, 4.69) is 4.99 Å². The van der Waals surface area contributed by atoms with Crippen LogP contribution in [0.4, 0.5) is 0 Å². The first-order valence-electron chi connectivity index (χ1n) is 13.1. The first-order chi connectivity index (χ1) is 20.1. The van der Waals surface area contributed by atoms with Crippen LogP contribution in [-0.2, 0) is 22.7 Å². The molecule has 0 fully saturated rings. The van der Waals surface area contributed by atoms with Gasteiger partial charge in [0.05, 0.1) is 21.8 Å². The highest BCUT2D eigenvalue weighted by Gasteiger charge is 2.33. The summed E-state index contributed by atoms with van der Waals surface area (Å²) >= 11 is 2.88. The molecule has 5 aromatic rings. The van der Waals surface area contributed by atoms with Crippen molar-refractivity contribution in [2.24, 2.45) is 4.99 Å². The smallest absolute Gasteiger partial charge is 0.338 e. The zero-order valence-electron chi connectivity index (χ0n) is 22.2. The number of esters is 1. The fourth-order valence-electron chi connectivity index (χ4n) is 4.69. The zero-order valence-corrected chi connectivity index (χ0v) is 23.9. The lowest BCUT2D eigenvalue weighted by Crippen LogP contribution is -2.39. The van der Waals surface area contributed by atoms with E-state index in [-0.39, 0.29) is 12.2 Å². The Hall–Kier alpha value is -4.53. The van der Waals surface area contributed by atoms with Gasteiger partial charge in [0.25, 0.3) is 5.56 Å². The number of nitrogens with zero attached hydrogens (tertiary/aromatic N) is 2. The Kier molecular flexibility index (Phi) is 7.75. The number of carbonyl (C=O) groups is 1. The largest absolute Gasteiger partial charge is 0.489 e. The van der Waals surface area contributed by atoms with Gasteiger partial charge in [0.15, 0.2) is 4.80 Å². The van der Waals surface area contributed by atoms with E-state index in [1.165, 1.54) is 11.3 Å². The highest BCUT2D eigenvalue weighted by molar-refractivity contribution is 7.11. The van der Waals surface area contributed by atoms with Crippen molar-refractivity contribution in [1.82, 2.24) is 4.57 Å². The van der Waals surface area contributed by atoms with Crippen LogP contribution in [0.1, 0.15) is 34.5 Å². The predicted octanol–water partition coefficient (Wildman–Crippen LogP) is 5.62. The average molecular weight is 579 g/mol. The molecule has 8 heteroatoms. The molecule has 0 saturated heterocycles. The summed E-state index contributed by atoms with van der Waals surface area (Å²) in [7, 11) is 0. The minimum absolute atomic E-state index is 0.123. The number of thiazole rings is 1. The van der Waals surface area contributed by atoms with Gasteiger partial charge in [0.1, 0.15) is 19.0 Å². The van der Waals surface area contributed by atoms with E-state index in [0.29, 0.717) is 33.0 Å². The number of thiophene rings is 1. The summed E-state index contributed by atoms with van der Waals surface area (Å²) in [5, 5.41) is 1.97. The lowest BCUT2D eigenvalue weighted by Gasteiger charge is -2.25. The van der Waals surface area contributed by atoms with Crippen molar-refractivity contribution in [2.45, 2.75) is 26.2 Å². The number of allylic oxidation sites excluding steroid dienone is 1. The molecule has 0 bridgehead atoms. The SMILES string of the molecule is CC1=C(C(=O)OCc2ccccc2)C(c2ccc(OCc3ccccc3)cc2)n2c(sc(=Cc3cccs3)c2=O)=N1. The molecule has 3 aromatic carbocycles. The minimum Gasteiger partial charge on any atom is -0.489 e. The summed E-state index contributed by atoms with van der Waals surface area (Å²) in [6, 6.07) is 30.2. The van der Waals surface area contributed by atoms with Crippen LogP contribution in [0.25, 0.3) is 6.08 Å². The Bertz CT molecular complexity index is 1870. The van der Waals surface area contributed by atoms with Crippen LogP contribution < -0.4 is 19.6 Å². The van der Waals surface area contributed by atoms with Gasteiger partial charge in [-0.05, 0) is 53.3 Å². The van der Waals surface area contributed by atoms with Crippen molar-refractivity contribution in [3.63, 3.8) is 0 Å². The van der Waals surface area contributed by atoms with E-state index in [1.54, 1.807) is 22.8 Å². The van der Waals surface area contributed by atoms with Gasteiger partial charge >= 0.3 is 5.97 Å². The third kappa shape index (κ3) is 5.84. The molecule has 2 aromatic heterocycles. The van der Waals surface area contributed by atoms with Crippen LogP contribution in [0.5, 0.6) is 5.75 Å². The Morgan fingerprint density at radius 3 is 2.24 bits per heavy atom. The Labute approximate surface area is 244 Å². The molecular formula is C33H26N2O4S2. The van der Waals surface area contributed by atoms with E-state index in [4.69, 9.17) is 9.47 Å². The lowest BCUT2D eigenvalue weighted by molar-refractivity contribution is -0.140. The van der Waals surface area contributed by atoms with Gasteiger partial charge in [0, 0.05) is 4.88 Å². The molecule has 204 valence electrons. The van der Waals surface area contributed by atoms with Gasteiger partial charge in [-0.25, -0.2) is 9.79 Å². The van der Waals surface area contributed by atoms with E-state index < -0.39 is 12.0 Å². The molecule has 1 aliphatic heterocycles. The van der Waals surface area contributed by atoms with Crippen molar-refractivity contribution >= 4 is 34.7 Å². The first kappa shape index (κ1) is 26.7. The standard InChI is InChI=1S/C33H26N2O4S2/c1-22-29(32(37)39-21-24-11-6-3-7-12-24)30(25-14-16-26(17-15-25)38-20-23-9-4-2-5-10-23)35-31(36)28(41-33(35)34-22)19-27-13-8-18-40-27/h2-19,30H,20-21H2,1H3. The summed E-state index contributed by atoms with van der Waals surface area (Å²) in [5.74, 6) is 0.189. The van der Waals surface area contributed by atoms with E-state index in [0.717, 1.165) is 21.6 Å². The molecule has 0 saturated carbocycles. The first-order valence-corrected chi connectivity index (χ1v) is 14.8. The molecule has 1 aliphatic rings. The van der Waals surface area contributed by atoms with Crippen molar-refractivity contribution in [2.75, 3.05) is 0 Å². The summed E-state index contributed by atoms with van der Waals surface area (Å²) in [6.07, 6.45) is 1.87. The summed E-state index contributed by atoms with van der Waals surface area (Å²) in [4.78, 5) is 33.6. The minimum atomic E-state index is -0.691. The third-order valence-corrected chi connectivity index (χ3v) is 8.52. The summed E-state index contributed by atoms with van der Waals surface area (Å²) < 4.78 is 13.9. The number of aromatic nitrogens is 1. The van der Waals surface area contributed by atoms with E-state index in [1.807, 2.05) is 109 Å². The van der Waals surface area contributed by atoms with Crippen molar-refractivity contribution in [3.05, 3.63) is 155 Å². The molecule has 1 unspecified atom stereocenters. The third-order valence-electron chi connectivity index (χ3n) is 6.72. The highest BCUT2D eigenvalue weighted by atomic mass is 32.1. The second kappa shape index (κ2) is 11.9. The maximum atomic E-state index is 13.8. The topological polar surface area (TPSA) is 69.9 Å². The molecule has 0 aliphatic carbocycles. The molecule has 0 spiro atoms. The zero-order chi connectivity index (χ0) is 28.2. The second-order valence-electron chi connectivity index (χ2n) is 9.50. The molecule has 6 rings (SSSR count). The number of rotatable bonds is 8. The number of carbonyl (C=O) groups excluding carboxylic acids is 1. The maximum Gasteiger partial charge on any atom is 0.338 e. The van der Waals surface area contributed by atoms with Crippen LogP contribution >= 0.6 is 22.7 Å². The van der Waals surface area contributed by atoms with Crippen LogP contribution in [-0.4, -0.2) is 10.5 Å². The fourth-order valence-corrected chi connectivity index (χ4v) is 6.46. The molecule has 41 heavy (non-hydrogen) atoms. The molecule has 6 nitrogen and oxygen atoms in total. The average Bonchev–Trinajstić information content (AvgIpc) is 3.63. The quantitative estimate of drug-likeness (QED) is 0.224. The van der Waals surface area contributed by atoms with Crippen LogP contribution in [0, 0.1) is 0 Å².